The minimum absolute atomic E-state index is 0.127. The van der Waals surface area contributed by atoms with Gasteiger partial charge in [-0.25, -0.2) is 4.57 Å². The molecule has 0 aliphatic rings. The Hall–Kier alpha value is -3.08. The summed E-state index contributed by atoms with van der Waals surface area (Å²) in [6.45, 7) is 4.43. The van der Waals surface area contributed by atoms with E-state index in [9.17, 15) is 28.9 Å². The van der Waals surface area contributed by atoms with Gasteiger partial charge in [0.15, 0.2) is 6.10 Å². The van der Waals surface area contributed by atoms with E-state index in [0.717, 1.165) is 109 Å². The maximum Gasteiger partial charge on any atom is 0.472 e. The molecule has 0 spiro atoms. The highest BCUT2D eigenvalue weighted by atomic mass is 31.2. The first-order chi connectivity index (χ1) is 33.2. The molecule has 0 bridgehead atoms. The van der Waals surface area contributed by atoms with Crippen molar-refractivity contribution in [3.05, 3.63) is 72.9 Å². The maximum atomic E-state index is 12.8. The highest BCUT2D eigenvalue weighted by Crippen LogP contribution is 2.43. The largest absolute Gasteiger partial charge is 0.472 e. The van der Waals surface area contributed by atoms with Gasteiger partial charge in [0.25, 0.3) is 0 Å². The number of unbranched alkanes of at least 4 members (excludes halogenated alkanes) is 20. The minimum atomic E-state index is -4.75. The van der Waals surface area contributed by atoms with Crippen LogP contribution in [0.5, 0.6) is 0 Å². The third-order valence-electron chi connectivity index (χ3n) is 11.1. The average Bonchev–Trinajstić information content (AvgIpc) is 3.32. The zero-order valence-corrected chi connectivity index (χ0v) is 43.9. The second-order valence-electron chi connectivity index (χ2n) is 17.7. The first-order valence-corrected chi connectivity index (χ1v) is 28.3. The van der Waals surface area contributed by atoms with Gasteiger partial charge in [0.1, 0.15) is 12.7 Å². The number of allylic oxidation sites excluding steroid dienone is 12. The molecule has 0 aliphatic carbocycles. The number of carbonyl (C=O) groups excluding carboxylic acids is 3. The van der Waals surface area contributed by atoms with Gasteiger partial charge in [-0.15, -0.1) is 0 Å². The molecule has 0 aromatic carbocycles. The topological polar surface area (TPSA) is 155 Å². The smallest absolute Gasteiger partial charge is 0.462 e. The number of ether oxygens (including phenoxy) is 3. The summed E-state index contributed by atoms with van der Waals surface area (Å²) in [4.78, 5) is 48.3. The van der Waals surface area contributed by atoms with E-state index >= 15 is 0 Å². The second-order valence-corrected chi connectivity index (χ2v) is 19.1. The van der Waals surface area contributed by atoms with Crippen LogP contribution in [-0.2, 0) is 42.2 Å². The van der Waals surface area contributed by atoms with Crippen molar-refractivity contribution in [3.8, 4) is 0 Å². The lowest BCUT2D eigenvalue weighted by atomic mass is 10.1. The van der Waals surface area contributed by atoms with E-state index in [4.69, 9.17) is 23.3 Å². The fourth-order valence-corrected chi connectivity index (χ4v) is 7.81. The molecule has 0 aliphatic heterocycles. The molecule has 2 N–H and O–H groups in total. The Balaban J connectivity index is 4.75. The number of aliphatic hydroxyl groups is 1. The zero-order chi connectivity index (χ0) is 49.9. The minimum Gasteiger partial charge on any atom is -0.462 e. The van der Waals surface area contributed by atoms with Crippen molar-refractivity contribution in [2.75, 3.05) is 26.4 Å². The third kappa shape index (κ3) is 48.0. The Morgan fingerprint density at radius 1 is 0.426 bits per heavy atom. The molecule has 12 heteroatoms. The lowest BCUT2D eigenvalue weighted by molar-refractivity contribution is -0.161. The molecule has 0 amide bonds. The van der Waals surface area contributed by atoms with Crippen molar-refractivity contribution in [1.82, 2.24) is 0 Å². The van der Waals surface area contributed by atoms with Crippen LogP contribution in [0.15, 0.2) is 72.9 Å². The van der Waals surface area contributed by atoms with Gasteiger partial charge >= 0.3 is 25.7 Å². The van der Waals surface area contributed by atoms with Gasteiger partial charge in [0.05, 0.1) is 19.8 Å². The van der Waals surface area contributed by atoms with Crippen LogP contribution in [0.1, 0.15) is 226 Å². The van der Waals surface area contributed by atoms with E-state index in [1.807, 2.05) is 0 Å². The van der Waals surface area contributed by atoms with E-state index in [-0.39, 0.29) is 25.9 Å². The molecule has 11 nitrogen and oxygen atoms in total. The SMILES string of the molecule is CC/C=C\C/C=C\C/C=C\C/C=C\C/C=C\CCCCCC(=O)OC(COC(=O)CCCCCCCCCCC)COP(=O)(O)OCC(CO)OC(=O)CCCCCCC/C=C\CCCCCC. The van der Waals surface area contributed by atoms with Crippen LogP contribution in [0.25, 0.3) is 0 Å². The molecule has 0 saturated heterocycles. The van der Waals surface area contributed by atoms with Gasteiger partial charge in [0.2, 0.25) is 0 Å². The summed E-state index contributed by atoms with van der Waals surface area (Å²) in [7, 11) is -4.75. The van der Waals surface area contributed by atoms with E-state index in [1.165, 1.54) is 57.8 Å². The molecule has 0 aromatic rings. The van der Waals surface area contributed by atoms with Crippen LogP contribution in [0, 0.1) is 0 Å². The molecule has 0 fully saturated rings. The molecular formula is C56H97O11P. The molecule has 392 valence electrons. The predicted octanol–water partition coefficient (Wildman–Crippen LogP) is 15.4. The molecule has 0 aromatic heterocycles. The monoisotopic (exact) mass is 977 g/mol. The van der Waals surface area contributed by atoms with E-state index in [0.29, 0.717) is 19.3 Å². The van der Waals surface area contributed by atoms with Crippen molar-refractivity contribution >= 4 is 25.7 Å². The zero-order valence-electron chi connectivity index (χ0n) is 43.1. The Kier molecular flexibility index (Phi) is 48.0. The highest BCUT2D eigenvalue weighted by Gasteiger charge is 2.28. The number of hydrogen-bond acceptors (Lipinski definition) is 10. The molecule has 3 atom stereocenters. The fraction of sp³-hybridized carbons (Fsp3) is 0.732. The van der Waals surface area contributed by atoms with Crippen molar-refractivity contribution in [2.45, 2.75) is 238 Å². The molecule has 68 heavy (non-hydrogen) atoms. The molecule has 0 radical (unpaired) electrons. The number of esters is 3. The predicted molar refractivity (Wildman–Crippen MR) is 279 cm³/mol. The summed E-state index contributed by atoms with van der Waals surface area (Å²) in [6.07, 6.45) is 54.5. The van der Waals surface area contributed by atoms with Crippen LogP contribution in [0.4, 0.5) is 0 Å². The average molecular weight is 977 g/mol. The van der Waals surface area contributed by atoms with Crippen molar-refractivity contribution < 1.29 is 52.2 Å². The molecule has 0 rings (SSSR count). The van der Waals surface area contributed by atoms with Crippen molar-refractivity contribution in [2.24, 2.45) is 0 Å². The van der Waals surface area contributed by atoms with E-state index in [2.05, 4.69) is 93.7 Å². The highest BCUT2D eigenvalue weighted by molar-refractivity contribution is 7.47. The van der Waals surface area contributed by atoms with Crippen LogP contribution >= 0.6 is 7.82 Å². The second kappa shape index (κ2) is 50.3. The van der Waals surface area contributed by atoms with Crippen LogP contribution in [-0.4, -0.2) is 66.5 Å². The summed E-state index contributed by atoms with van der Waals surface area (Å²) in [5, 5.41) is 9.77. The van der Waals surface area contributed by atoms with Gasteiger partial charge in [0, 0.05) is 19.3 Å². The summed E-state index contributed by atoms with van der Waals surface area (Å²) in [5.74, 6) is -1.51. The van der Waals surface area contributed by atoms with Gasteiger partial charge in [-0.2, -0.15) is 0 Å². The van der Waals surface area contributed by atoms with Crippen LogP contribution < -0.4 is 0 Å². The van der Waals surface area contributed by atoms with E-state index in [1.54, 1.807) is 0 Å². The Bertz CT molecular complexity index is 1420. The van der Waals surface area contributed by atoms with Crippen molar-refractivity contribution in [1.29, 1.82) is 0 Å². The van der Waals surface area contributed by atoms with Crippen LogP contribution in [0.3, 0.4) is 0 Å². The Morgan fingerprint density at radius 3 is 1.22 bits per heavy atom. The van der Waals surface area contributed by atoms with Gasteiger partial charge in [-0.1, -0.05) is 190 Å². The number of phosphoric acid groups is 1. The first kappa shape index (κ1) is 64.9. The molecule has 3 unspecified atom stereocenters. The summed E-state index contributed by atoms with van der Waals surface area (Å²) in [5.41, 5.74) is 0. The Morgan fingerprint density at radius 2 is 0.765 bits per heavy atom. The summed E-state index contributed by atoms with van der Waals surface area (Å²) < 4.78 is 39.3. The fourth-order valence-electron chi connectivity index (χ4n) is 7.02. The number of phosphoric ester groups is 1. The molecule has 0 heterocycles. The third-order valence-corrected chi connectivity index (χ3v) is 12.1. The number of hydrogen-bond donors (Lipinski definition) is 2. The van der Waals surface area contributed by atoms with Gasteiger partial charge in [-0.3, -0.25) is 23.4 Å². The molecular weight excluding hydrogens is 880 g/mol. The van der Waals surface area contributed by atoms with Gasteiger partial charge < -0.3 is 24.2 Å². The number of rotatable bonds is 49. The molecule has 0 saturated carbocycles. The number of carbonyl (C=O) groups is 3. The Labute approximate surface area is 414 Å². The normalized spacial score (nSPS) is 14.0. The lowest BCUT2D eigenvalue weighted by Crippen LogP contribution is -2.30. The lowest BCUT2D eigenvalue weighted by Gasteiger charge is -2.21. The van der Waals surface area contributed by atoms with Gasteiger partial charge in [-0.05, 0) is 89.9 Å². The quantitative estimate of drug-likeness (QED) is 0.0197. The van der Waals surface area contributed by atoms with Crippen LogP contribution in [0.2, 0.25) is 0 Å². The first-order valence-electron chi connectivity index (χ1n) is 26.8. The maximum absolute atomic E-state index is 12.8. The van der Waals surface area contributed by atoms with E-state index < -0.39 is 57.8 Å². The number of aliphatic hydroxyl groups excluding tert-OH is 1. The summed E-state index contributed by atoms with van der Waals surface area (Å²) >= 11 is 0. The summed E-state index contributed by atoms with van der Waals surface area (Å²) in [6, 6.07) is 0. The van der Waals surface area contributed by atoms with Crippen molar-refractivity contribution in [3.63, 3.8) is 0 Å². The standard InChI is InChI=1S/C56H97O11P/c1-4-7-10-13-16-19-21-23-24-25-26-27-28-30-32-35-38-41-44-47-56(60)67-53(49-63-54(58)45-42-39-36-33-18-15-12-9-6-3)51-65-68(61,62)64-50-52(48-57)66-55(59)46-43-40-37-34-31-29-22-20-17-14-11-8-5-2/h7,10,16,19-20,22-24,26-27,30,32,52-53,57H,4-6,8-9,11-15,17-18,21,25,28-29,31,33-51H2,1-3H3,(H,61,62)/b10-7-,19-16-,22-20-,24-23-,27-26-,32-30-.